The Bertz CT molecular complexity index is 627. The number of hydrogen-bond donors (Lipinski definition) is 1. The predicted molar refractivity (Wildman–Crippen MR) is 80.4 cm³/mol. The zero-order valence-corrected chi connectivity index (χ0v) is 12.1. The van der Waals surface area contributed by atoms with Gasteiger partial charge >= 0.3 is 11.9 Å². The lowest BCUT2D eigenvalue weighted by Crippen LogP contribution is -2.41. The molecule has 3 nitrogen and oxygen atoms in total. The highest BCUT2D eigenvalue weighted by atomic mass is 19.3. The zero-order chi connectivity index (χ0) is 16.2. The lowest BCUT2D eigenvalue weighted by Gasteiger charge is -2.22. The van der Waals surface area contributed by atoms with E-state index in [-0.39, 0.29) is 12.2 Å². The van der Waals surface area contributed by atoms with Gasteiger partial charge in [0.2, 0.25) is 0 Å². The topological polar surface area (TPSA) is 52.3 Å². The summed E-state index contributed by atoms with van der Waals surface area (Å²) in [6.07, 6.45) is 0. The van der Waals surface area contributed by atoms with Crippen LogP contribution in [0.15, 0.2) is 54.6 Å². The Hall–Kier alpha value is -2.27. The molecular formula is C17H17F2NO2. The maximum atomic E-state index is 13.9. The molecule has 0 saturated carbocycles. The van der Waals surface area contributed by atoms with Crippen LogP contribution in [-0.4, -0.2) is 18.5 Å². The van der Waals surface area contributed by atoms with Crippen molar-refractivity contribution in [3.05, 3.63) is 60.2 Å². The van der Waals surface area contributed by atoms with Crippen molar-refractivity contribution in [2.75, 3.05) is 6.61 Å². The monoisotopic (exact) mass is 305 g/mol. The zero-order valence-electron chi connectivity index (χ0n) is 12.1. The maximum absolute atomic E-state index is 13.9. The molecule has 0 bridgehead atoms. The molecule has 2 rings (SSSR count). The van der Waals surface area contributed by atoms with Crippen molar-refractivity contribution in [3.8, 4) is 11.1 Å². The molecule has 0 aliphatic rings. The average molecular weight is 305 g/mol. The number of alkyl halides is 2. The van der Waals surface area contributed by atoms with Crippen molar-refractivity contribution in [1.82, 2.24) is 0 Å². The van der Waals surface area contributed by atoms with Crippen LogP contribution in [-0.2, 0) is 9.53 Å². The number of carbonyl (C=O) groups is 1. The molecule has 0 aliphatic heterocycles. The summed E-state index contributed by atoms with van der Waals surface area (Å²) in [5, 5.41) is 0. The first-order valence-electron chi connectivity index (χ1n) is 6.92. The van der Waals surface area contributed by atoms with Crippen molar-refractivity contribution < 1.29 is 18.3 Å². The van der Waals surface area contributed by atoms with Crippen LogP contribution in [0.1, 0.15) is 18.5 Å². The Morgan fingerprint density at radius 3 is 2.18 bits per heavy atom. The molecule has 0 fully saturated rings. The molecule has 0 spiro atoms. The number of nitrogens with two attached hydrogens (primary N) is 1. The quantitative estimate of drug-likeness (QED) is 0.859. The first-order valence-corrected chi connectivity index (χ1v) is 6.92. The molecule has 2 aromatic carbocycles. The Kier molecular flexibility index (Phi) is 4.88. The molecule has 0 heterocycles. The minimum absolute atomic E-state index is 0.117. The van der Waals surface area contributed by atoms with Crippen LogP contribution in [0, 0.1) is 0 Å². The van der Waals surface area contributed by atoms with E-state index in [1.54, 1.807) is 12.1 Å². The SMILES string of the molecule is CCOC(=O)C(F)(F)[C@H](N)c1ccc(-c2ccccc2)cc1. The molecule has 5 heteroatoms. The largest absolute Gasteiger partial charge is 0.462 e. The minimum Gasteiger partial charge on any atom is -0.462 e. The van der Waals surface area contributed by atoms with E-state index in [1.165, 1.54) is 19.1 Å². The first-order chi connectivity index (χ1) is 10.5. The number of ether oxygens (including phenoxy) is 1. The van der Waals surface area contributed by atoms with Gasteiger partial charge in [0.15, 0.2) is 0 Å². The van der Waals surface area contributed by atoms with Crippen molar-refractivity contribution in [1.29, 1.82) is 0 Å². The normalized spacial score (nSPS) is 12.7. The summed E-state index contributed by atoms with van der Waals surface area (Å²) in [4.78, 5) is 11.3. The van der Waals surface area contributed by atoms with Gasteiger partial charge < -0.3 is 10.5 Å². The highest BCUT2D eigenvalue weighted by Crippen LogP contribution is 2.31. The van der Waals surface area contributed by atoms with Gasteiger partial charge in [-0.2, -0.15) is 8.78 Å². The third-order valence-corrected chi connectivity index (χ3v) is 3.32. The molecule has 0 aliphatic carbocycles. The van der Waals surface area contributed by atoms with Gasteiger partial charge in [0.05, 0.1) is 6.61 Å². The lowest BCUT2D eigenvalue weighted by molar-refractivity contribution is -0.174. The summed E-state index contributed by atoms with van der Waals surface area (Å²) in [7, 11) is 0. The third kappa shape index (κ3) is 3.31. The molecule has 116 valence electrons. The molecular weight excluding hydrogens is 288 g/mol. The molecule has 0 aromatic heterocycles. The van der Waals surface area contributed by atoms with E-state index in [0.717, 1.165) is 11.1 Å². The Morgan fingerprint density at radius 1 is 1.09 bits per heavy atom. The first kappa shape index (κ1) is 16.1. The highest BCUT2D eigenvalue weighted by Gasteiger charge is 2.47. The summed E-state index contributed by atoms with van der Waals surface area (Å²) in [6.45, 7) is 1.35. The third-order valence-electron chi connectivity index (χ3n) is 3.32. The van der Waals surface area contributed by atoms with Crippen molar-refractivity contribution in [2.24, 2.45) is 5.73 Å². The standard InChI is InChI=1S/C17H17F2NO2/c1-2-22-16(21)17(18,19)15(20)14-10-8-13(9-11-14)12-6-4-3-5-7-12/h3-11,15H,2,20H2,1H3/t15-/m1/s1. The van der Waals surface area contributed by atoms with Crippen molar-refractivity contribution in [2.45, 2.75) is 18.9 Å². The predicted octanol–water partition coefficient (Wildman–Crippen LogP) is 3.55. The van der Waals surface area contributed by atoms with Crippen LogP contribution in [0.2, 0.25) is 0 Å². The summed E-state index contributed by atoms with van der Waals surface area (Å²) in [5.74, 6) is -5.36. The lowest BCUT2D eigenvalue weighted by atomic mass is 9.98. The van der Waals surface area contributed by atoms with Crippen LogP contribution in [0.25, 0.3) is 11.1 Å². The Labute approximate surface area is 127 Å². The molecule has 2 aromatic rings. The van der Waals surface area contributed by atoms with Crippen molar-refractivity contribution in [3.63, 3.8) is 0 Å². The second-order valence-electron chi connectivity index (χ2n) is 4.81. The van der Waals surface area contributed by atoms with E-state index < -0.39 is 17.9 Å². The second-order valence-corrected chi connectivity index (χ2v) is 4.81. The summed E-state index contributed by atoms with van der Waals surface area (Å²) < 4.78 is 32.2. The minimum atomic E-state index is -3.76. The van der Waals surface area contributed by atoms with Gasteiger partial charge in [-0.3, -0.25) is 0 Å². The molecule has 0 amide bonds. The van der Waals surface area contributed by atoms with Crippen LogP contribution in [0.4, 0.5) is 8.78 Å². The number of esters is 1. The van der Waals surface area contributed by atoms with Crippen LogP contribution in [0.3, 0.4) is 0 Å². The summed E-state index contributed by atoms with van der Waals surface area (Å²) >= 11 is 0. The highest BCUT2D eigenvalue weighted by molar-refractivity contribution is 5.79. The summed E-state index contributed by atoms with van der Waals surface area (Å²) in [5.41, 5.74) is 7.58. The van der Waals surface area contributed by atoms with Crippen LogP contribution < -0.4 is 5.73 Å². The molecule has 2 N–H and O–H groups in total. The van der Waals surface area contributed by atoms with Crippen molar-refractivity contribution >= 4 is 5.97 Å². The number of rotatable bonds is 5. The smallest absolute Gasteiger partial charge is 0.379 e. The van der Waals surface area contributed by atoms with Gasteiger partial charge in [-0.1, -0.05) is 54.6 Å². The molecule has 0 saturated heterocycles. The fourth-order valence-corrected chi connectivity index (χ4v) is 2.08. The Morgan fingerprint density at radius 2 is 1.64 bits per heavy atom. The van der Waals surface area contributed by atoms with E-state index in [9.17, 15) is 13.6 Å². The number of halogens is 2. The molecule has 0 unspecified atom stereocenters. The number of hydrogen-bond acceptors (Lipinski definition) is 3. The maximum Gasteiger partial charge on any atom is 0.379 e. The van der Waals surface area contributed by atoms with E-state index in [0.29, 0.717) is 0 Å². The van der Waals surface area contributed by atoms with E-state index in [2.05, 4.69) is 4.74 Å². The number of carbonyl (C=O) groups excluding carboxylic acids is 1. The molecule has 1 atom stereocenters. The van der Waals surface area contributed by atoms with Gasteiger partial charge in [0, 0.05) is 0 Å². The van der Waals surface area contributed by atoms with E-state index in [1.807, 2.05) is 30.3 Å². The summed E-state index contributed by atoms with van der Waals surface area (Å²) in [6, 6.07) is 14.2. The van der Waals surface area contributed by atoms with E-state index >= 15 is 0 Å². The Balaban J connectivity index is 2.21. The fraction of sp³-hybridized carbons (Fsp3) is 0.235. The van der Waals surface area contributed by atoms with Crippen LogP contribution in [0.5, 0.6) is 0 Å². The molecule has 0 radical (unpaired) electrons. The van der Waals surface area contributed by atoms with Gasteiger partial charge in [-0.05, 0) is 23.6 Å². The van der Waals surface area contributed by atoms with Gasteiger partial charge in [0.1, 0.15) is 6.04 Å². The average Bonchev–Trinajstić information content (AvgIpc) is 2.55. The van der Waals surface area contributed by atoms with E-state index in [4.69, 9.17) is 5.73 Å². The molecule has 22 heavy (non-hydrogen) atoms. The fourth-order valence-electron chi connectivity index (χ4n) is 2.08. The number of benzene rings is 2. The second kappa shape index (κ2) is 6.66. The van der Waals surface area contributed by atoms with Gasteiger partial charge in [-0.15, -0.1) is 0 Å². The van der Waals surface area contributed by atoms with Gasteiger partial charge in [0.25, 0.3) is 0 Å². The van der Waals surface area contributed by atoms with Gasteiger partial charge in [-0.25, -0.2) is 4.79 Å². The van der Waals surface area contributed by atoms with Crippen LogP contribution >= 0.6 is 0 Å².